The van der Waals surface area contributed by atoms with E-state index in [1.807, 2.05) is 0 Å². The molecule has 1 aliphatic carbocycles. The number of benzene rings is 1. The second-order valence-corrected chi connectivity index (χ2v) is 5.49. The van der Waals surface area contributed by atoms with Gasteiger partial charge < -0.3 is 5.11 Å². The van der Waals surface area contributed by atoms with Gasteiger partial charge in [-0.15, -0.1) is 0 Å². The second kappa shape index (κ2) is 5.68. The van der Waals surface area contributed by atoms with Crippen LogP contribution in [0.5, 0.6) is 0 Å². The van der Waals surface area contributed by atoms with E-state index in [2.05, 4.69) is 32.0 Å². The molecule has 0 radical (unpaired) electrons. The third-order valence-corrected chi connectivity index (χ3v) is 4.31. The van der Waals surface area contributed by atoms with E-state index >= 15 is 0 Å². The lowest BCUT2D eigenvalue weighted by Crippen LogP contribution is -2.13. The Labute approximate surface area is 105 Å². The molecule has 1 unspecified atom stereocenters. The highest BCUT2D eigenvalue weighted by molar-refractivity contribution is 5.34. The first-order valence-corrected chi connectivity index (χ1v) is 6.94. The Bertz CT molecular complexity index is 362. The molecule has 0 spiro atoms. The minimum atomic E-state index is -0.256. The van der Waals surface area contributed by atoms with E-state index in [0.29, 0.717) is 5.92 Å². The van der Waals surface area contributed by atoms with Crippen molar-refractivity contribution in [3.8, 4) is 0 Å². The van der Waals surface area contributed by atoms with E-state index in [4.69, 9.17) is 0 Å². The van der Waals surface area contributed by atoms with Crippen molar-refractivity contribution in [3.05, 3.63) is 34.9 Å². The molecule has 1 N–H and O–H groups in total. The predicted molar refractivity (Wildman–Crippen MR) is 72.1 cm³/mol. The van der Waals surface area contributed by atoms with Crippen molar-refractivity contribution in [1.29, 1.82) is 0 Å². The highest BCUT2D eigenvalue weighted by Gasteiger charge is 2.23. The largest absolute Gasteiger partial charge is 0.388 e. The Morgan fingerprint density at radius 2 is 1.71 bits per heavy atom. The summed E-state index contributed by atoms with van der Waals surface area (Å²) in [5.74, 6) is 0.470. The van der Waals surface area contributed by atoms with E-state index in [1.165, 1.54) is 49.7 Å². The molecule has 1 aromatic rings. The first-order valence-electron chi connectivity index (χ1n) is 6.94. The molecular formula is C16H24O. The lowest BCUT2D eigenvalue weighted by molar-refractivity contribution is 0.0981. The molecule has 0 heterocycles. The van der Waals surface area contributed by atoms with Crippen molar-refractivity contribution in [2.45, 2.75) is 58.5 Å². The third kappa shape index (κ3) is 2.90. The maximum Gasteiger partial charge on any atom is 0.0820 e. The Kier molecular flexibility index (Phi) is 4.22. The molecule has 1 saturated carbocycles. The molecule has 1 aliphatic rings. The summed E-state index contributed by atoms with van der Waals surface area (Å²) in [5, 5.41) is 10.6. The normalized spacial score (nSPS) is 19.9. The van der Waals surface area contributed by atoms with E-state index in [1.54, 1.807) is 0 Å². The summed E-state index contributed by atoms with van der Waals surface area (Å²) in [4.78, 5) is 0. The van der Waals surface area contributed by atoms with Crippen LogP contribution >= 0.6 is 0 Å². The summed E-state index contributed by atoms with van der Waals surface area (Å²) in [6.45, 7) is 4.25. The van der Waals surface area contributed by atoms with Crippen LogP contribution in [0.2, 0.25) is 0 Å². The molecule has 1 aromatic carbocycles. The Morgan fingerprint density at radius 3 is 2.35 bits per heavy atom. The van der Waals surface area contributed by atoms with Crippen molar-refractivity contribution in [3.63, 3.8) is 0 Å². The van der Waals surface area contributed by atoms with Gasteiger partial charge in [0.2, 0.25) is 0 Å². The predicted octanol–water partition coefficient (Wildman–Crippen LogP) is 4.31. The molecule has 1 fully saturated rings. The molecule has 94 valence electrons. The summed E-state index contributed by atoms with van der Waals surface area (Å²) in [6, 6.07) is 6.29. The summed E-state index contributed by atoms with van der Waals surface area (Å²) in [7, 11) is 0. The molecule has 1 nitrogen and oxygen atoms in total. The topological polar surface area (TPSA) is 20.2 Å². The van der Waals surface area contributed by atoms with Crippen LogP contribution in [0.3, 0.4) is 0 Å². The van der Waals surface area contributed by atoms with E-state index in [9.17, 15) is 5.11 Å². The Hall–Kier alpha value is -0.820. The van der Waals surface area contributed by atoms with Gasteiger partial charge in [0, 0.05) is 0 Å². The van der Waals surface area contributed by atoms with Gasteiger partial charge in [0.25, 0.3) is 0 Å². The number of hydrogen-bond acceptors (Lipinski definition) is 1. The number of aliphatic hydroxyl groups excluding tert-OH is 1. The van der Waals surface area contributed by atoms with Crippen LogP contribution in [0.1, 0.15) is 61.3 Å². The molecule has 17 heavy (non-hydrogen) atoms. The highest BCUT2D eigenvalue weighted by atomic mass is 16.3. The quantitative estimate of drug-likeness (QED) is 0.753. The molecule has 1 atom stereocenters. The lowest BCUT2D eigenvalue weighted by Gasteiger charge is -2.23. The van der Waals surface area contributed by atoms with Crippen LogP contribution in [0, 0.1) is 19.8 Å². The van der Waals surface area contributed by atoms with Gasteiger partial charge in [-0.2, -0.15) is 0 Å². The number of hydrogen-bond donors (Lipinski definition) is 1. The van der Waals surface area contributed by atoms with Gasteiger partial charge >= 0.3 is 0 Å². The number of aliphatic hydroxyl groups is 1. The van der Waals surface area contributed by atoms with Crippen molar-refractivity contribution >= 4 is 0 Å². The fourth-order valence-corrected chi connectivity index (χ4v) is 2.97. The van der Waals surface area contributed by atoms with Crippen molar-refractivity contribution in [1.82, 2.24) is 0 Å². The van der Waals surface area contributed by atoms with Crippen molar-refractivity contribution < 1.29 is 5.11 Å². The van der Waals surface area contributed by atoms with Crippen LogP contribution in [0.4, 0.5) is 0 Å². The van der Waals surface area contributed by atoms with Gasteiger partial charge in [-0.05, 0) is 49.3 Å². The molecule has 0 aliphatic heterocycles. The maximum absolute atomic E-state index is 10.6. The Balaban J connectivity index is 2.17. The zero-order valence-electron chi connectivity index (χ0n) is 11.1. The standard InChI is InChI=1S/C16H24O/c1-12-8-7-11-15(13(12)2)16(17)14-9-5-3-4-6-10-14/h7-8,11,14,16-17H,3-6,9-10H2,1-2H3. The van der Waals surface area contributed by atoms with Crippen molar-refractivity contribution in [2.24, 2.45) is 5.92 Å². The van der Waals surface area contributed by atoms with Crippen LogP contribution in [-0.2, 0) is 0 Å². The molecule has 1 heteroatoms. The molecule has 0 aromatic heterocycles. The van der Waals surface area contributed by atoms with Crippen LogP contribution in [-0.4, -0.2) is 5.11 Å². The highest BCUT2D eigenvalue weighted by Crippen LogP contribution is 2.35. The van der Waals surface area contributed by atoms with Gasteiger partial charge in [-0.25, -0.2) is 0 Å². The van der Waals surface area contributed by atoms with Crippen LogP contribution in [0.25, 0.3) is 0 Å². The minimum Gasteiger partial charge on any atom is -0.388 e. The van der Waals surface area contributed by atoms with E-state index in [0.717, 1.165) is 5.56 Å². The molecule has 0 bridgehead atoms. The first-order chi connectivity index (χ1) is 8.20. The fourth-order valence-electron chi connectivity index (χ4n) is 2.97. The molecule has 0 saturated heterocycles. The number of rotatable bonds is 2. The van der Waals surface area contributed by atoms with Gasteiger partial charge in [-0.3, -0.25) is 0 Å². The number of aryl methyl sites for hydroxylation is 1. The van der Waals surface area contributed by atoms with Gasteiger partial charge in [-0.1, -0.05) is 43.9 Å². The maximum atomic E-state index is 10.6. The molecule has 2 rings (SSSR count). The second-order valence-electron chi connectivity index (χ2n) is 5.49. The summed E-state index contributed by atoms with van der Waals surface area (Å²) < 4.78 is 0. The summed E-state index contributed by atoms with van der Waals surface area (Å²) in [5.41, 5.74) is 3.70. The van der Waals surface area contributed by atoms with Crippen LogP contribution < -0.4 is 0 Å². The average Bonchev–Trinajstić information content (AvgIpc) is 2.60. The van der Waals surface area contributed by atoms with Gasteiger partial charge in [0.1, 0.15) is 0 Å². The summed E-state index contributed by atoms with van der Waals surface area (Å²) >= 11 is 0. The fraction of sp³-hybridized carbons (Fsp3) is 0.625. The van der Waals surface area contributed by atoms with Gasteiger partial charge in [0.05, 0.1) is 6.10 Å². The minimum absolute atomic E-state index is 0.256. The van der Waals surface area contributed by atoms with Crippen LogP contribution in [0.15, 0.2) is 18.2 Å². The first kappa shape index (κ1) is 12.6. The zero-order valence-corrected chi connectivity index (χ0v) is 11.1. The molecular weight excluding hydrogens is 208 g/mol. The monoisotopic (exact) mass is 232 g/mol. The average molecular weight is 232 g/mol. The molecule has 0 amide bonds. The SMILES string of the molecule is Cc1cccc(C(O)C2CCCCCC2)c1C. The van der Waals surface area contributed by atoms with E-state index < -0.39 is 0 Å². The smallest absolute Gasteiger partial charge is 0.0820 e. The van der Waals surface area contributed by atoms with Gasteiger partial charge in [0.15, 0.2) is 0 Å². The summed E-state index contributed by atoms with van der Waals surface area (Å²) in [6.07, 6.45) is 7.38. The Morgan fingerprint density at radius 1 is 1.06 bits per heavy atom. The third-order valence-electron chi connectivity index (χ3n) is 4.31. The lowest BCUT2D eigenvalue weighted by atomic mass is 9.86. The van der Waals surface area contributed by atoms with Crippen molar-refractivity contribution in [2.75, 3.05) is 0 Å². The zero-order chi connectivity index (χ0) is 12.3. The van der Waals surface area contributed by atoms with E-state index in [-0.39, 0.29) is 6.10 Å².